The molecule has 1 fully saturated rings. The molecule has 1 heterocycles. The molecule has 1 aliphatic carbocycles. The maximum absolute atomic E-state index is 14.4. The molecule has 2 aliphatic rings. The van der Waals surface area contributed by atoms with Gasteiger partial charge in [-0.3, -0.25) is 9.59 Å². The Bertz CT molecular complexity index is 1530. The van der Waals surface area contributed by atoms with Crippen molar-refractivity contribution >= 4 is 34.9 Å². The zero-order valence-electron chi connectivity index (χ0n) is 23.8. The number of nitrogens with zero attached hydrogens (tertiary/aromatic N) is 1. The topological polar surface area (TPSA) is 86.3 Å². The van der Waals surface area contributed by atoms with Crippen LogP contribution >= 0.6 is 11.6 Å². The summed E-state index contributed by atoms with van der Waals surface area (Å²) in [5.74, 6) is -1.97. The molecule has 44 heavy (non-hydrogen) atoms. The molecule has 0 spiro atoms. The molecule has 0 aromatic heterocycles. The number of amides is 1. The predicted octanol–water partition coefficient (Wildman–Crippen LogP) is 6.71. The maximum atomic E-state index is 14.4. The first kappa shape index (κ1) is 31.2. The minimum Gasteiger partial charge on any atom is -0.497 e. The largest absolute Gasteiger partial charge is 0.573 e. The second-order valence-electron chi connectivity index (χ2n) is 10.6. The van der Waals surface area contributed by atoms with Crippen LogP contribution in [0.2, 0.25) is 5.02 Å². The normalized spacial score (nSPS) is 18.1. The lowest BCUT2D eigenvalue weighted by molar-refractivity contribution is -0.275. The van der Waals surface area contributed by atoms with Gasteiger partial charge in [0.1, 0.15) is 17.5 Å². The van der Waals surface area contributed by atoms with Crippen LogP contribution in [0.5, 0.6) is 17.2 Å². The van der Waals surface area contributed by atoms with Crippen LogP contribution in [0.1, 0.15) is 30.0 Å². The number of carbonyl (C=O) groups excluding carboxylic acids is 2. The molecule has 13 heteroatoms. The van der Waals surface area contributed by atoms with E-state index >= 15 is 0 Å². The van der Waals surface area contributed by atoms with E-state index in [1.54, 1.807) is 42.5 Å². The van der Waals surface area contributed by atoms with Crippen molar-refractivity contribution in [3.05, 3.63) is 76.6 Å². The number of halogens is 5. The summed E-state index contributed by atoms with van der Waals surface area (Å²) in [6.45, 7) is 0.484. The number of alkyl halides is 3. The first-order chi connectivity index (χ1) is 20.9. The first-order valence-electron chi connectivity index (χ1n) is 13.8. The summed E-state index contributed by atoms with van der Waals surface area (Å²) in [6, 6.07) is 12.4. The predicted molar refractivity (Wildman–Crippen MR) is 154 cm³/mol. The molecule has 1 unspecified atom stereocenters. The van der Waals surface area contributed by atoms with Gasteiger partial charge in [-0.05, 0) is 54.5 Å². The lowest BCUT2D eigenvalue weighted by Crippen LogP contribution is -2.37. The van der Waals surface area contributed by atoms with E-state index in [1.165, 1.54) is 19.1 Å². The number of hydrogen-bond acceptors (Lipinski definition) is 7. The van der Waals surface area contributed by atoms with Crippen molar-refractivity contribution in [3.8, 4) is 17.2 Å². The van der Waals surface area contributed by atoms with E-state index < -0.39 is 29.9 Å². The molecule has 8 nitrogen and oxygen atoms in total. The van der Waals surface area contributed by atoms with Gasteiger partial charge in [0.15, 0.2) is 11.6 Å². The fourth-order valence-corrected chi connectivity index (χ4v) is 5.51. The second kappa shape index (κ2) is 12.8. The van der Waals surface area contributed by atoms with Crippen molar-refractivity contribution in [2.24, 2.45) is 11.8 Å². The molecule has 0 saturated heterocycles. The fraction of sp³-hybridized carbons (Fsp3) is 0.355. The number of methoxy groups -OCH3 is 2. The van der Waals surface area contributed by atoms with Crippen molar-refractivity contribution in [2.45, 2.75) is 31.7 Å². The summed E-state index contributed by atoms with van der Waals surface area (Å²) in [7, 11) is 2.85. The van der Waals surface area contributed by atoms with Gasteiger partial charge in [0.25, 0.3) is 5.91 Å². The quantitative estimate of drug-likeness (QED) is 0.196. The van der Waals surface area contributed by atoms with Gasteiger partial charge in [-0.15, -0.1) is 13.2 Å². The van der Waals surface area contributed by atoms with Gasteiger partial charge < -0.3 is 29.2 Å². The van der Waals surface area contributed by atoms with Crippen molar-refractivity contribution in [1.29, 1.82) is 0 Å². The number of benzene rings is 3. The van der Waals surface area contributed by atoms with Gasteiger partial charge >= 0.3 is 12.3 Å². The summed E-state index contributed by atoms with van der Waals surface area (Å²) < 4.78 is 73.2. The summed E-state index contributed by atoms with van der Waals surface area (Å²) in [5.41, 5.74) is 1.49. The van der Waals surface area contributed by atoms with Crippen LogP contribution in [0.25, 0.3) is 0 Å². The number of rotatable bonds is 10. The number of hydrogen-bond donors (Lipinski definition) is 1. The highest BCUT2D eigenvalue weighted by Crippen LogP contribution is 2.39. The summed E-state index contributed by atoms with van der Waals surface area (Å²) in [4.78, 5) is 27.1. The number of anilines is 2. The molecular formula is C31H29ClF4N2O6. The molecular weight excluding hydrogens is 608 g/mol. The van der Waals surface area contributed by atoms with E-state index in [2.05, 4.69) is 10.1 Å². The Labute approximate surface area is 255 Å². The molecule has 3 aromatic carbocycles. The van der Waals surface area contributed by atoms with E-state index in [-0.39, 0.29) is 36.5 Å². The molecule has 1 saturated carbocycles. The number of ether oxygens (including phenoxy) is 4. The van der Waals surface area contributed by atoms with E-state index in [9.17, 15) is 27.2 Å². The van der Waals surface area contributed by atoms with E-state index in [0.717, 1.165) is 12.1 Å². The third-order valence-electron chi connectivity index (χ3n) is 7.65. The fourth-order valence-electron chi connectivity index (χ4n) is 5.39. The Morgan fingerprint density at radius 3 is 2.41 bits per heavy atom. The summed E-state index contributed by atoms with van der Waals surface area (Å²) in [5, 5.41) is 3.65. The third-order valence-corrected chi connectivity index (χ3v) is 7.91. The van der Waals surface area contributed by atoms with Gasteiger partial charge in [0, 0.05) is 41.5 Å². The Kier molecular flexibility index (Phi) is 9.10. The molecule has 0 bridgehead atoms. The second-order valence-corrected chi connectivity index (χ2v) is 11.0. The van der Waals surface area contributed by atoms with Gasteiger partial charge in [-0.25, -0.2) is 4.39 Å². The molecule has 234 valence electrons. The molecule has 1 aliphatic heterocycles. The highest BCUT2D eigenvalue weighted by Gasteiger charge is 2.37. The standard InChI is InChI=1S/C31H29ClF4N2O6/c1-41-23-12-22(13-24(14-23)43-16-17-9-20(10-17)30(40)42-2)37-28(18-3-5-21(32)6-4-18)29(39)38-8-7-19-11-25(33)27(15-26(19)38)44-31(34,35)36/h3-6,11-15,17,20,28,37H,7-10,16H2,1-2H3/t17-,20-,28?. The van der Waals surface area contributed by atoms with Gasteiger partial charge in [-0.2, -0.15) is 0 Å². The molecule has 5 rings (SSSR count). The van der Waals surface area contributed by atoms with Crippen molar-refractivity contribution < 1.29 is 46.1 Å². The number of esters is 1. The van der Waals surface area contributed by atoms with Crippen LogP contribution in [0.3, 0.4) is 0 Å². The molecule has 1 amide bonds. The molecule has 0 radical (unpaired) electrons. The van der Waals surface area contributed by atoms with E-state index in [1.807, 2.05) is 0 Å². The van der Waals surface area contributed by atoms with Gasteiger partial charge in [-0.1, -0.05) is 23.7 Å². The highest BCUT2D eigenvalue weighted by molar-refractivity contribution is 6.30. The smallest absolute Gasteiger partial charge is 0.497 e. The highest BCUT2D eigenvalue weighted by atomic mass is 35.5. The Morgan fingerprint density at radius 1 is 1.05 bits per heavy atom. The third kappa shape index (κ3) is 7.12. The number of nitrogens with one attached hydrogen (secondary N) is 1. The average molecular weight is 637 g/mol. The van der Waals surface area contributed by atoms with Crippen molar-refractivity contribution in [2.75, 3.05) is 37.6 Å². The monoisotopic (exact) mass is 636 g/mol. The Balaban J connectivity index is 1.40. The van der Waals surface area contributed by atoms with Crippen LogP contribution in [-0.4, -0.2) is 45.6 Å². The molecule has 3 aromatic rings. The van der Waals surface area contributed by atoms with E-state index in [4.69, 9.17) is 25.8 Å². The lowest BCUT2D eigenvalue weighted by Gasteiger charge is -2.33. The Morgan fingerprint density at radius 2 is 1.75 bits per heavy atom. The van der Waals surface area contributed by atoms with E-state index in [0.29, 0.717) is 52.8 Å². The summed E-state index contributed by atoms with van der Waals surface area (Å²) in [6.07, 6.45) is -3.55. The Hall–Kier alpha value is -4.19. The molecule has 1 atom stereocenters. The van der Waals surface area contributed by atoms with Crippen molar-refractivity contribution in [3.63, 3.8) is 0 Å². The molecule has 1 N–H and O–H groups in total. The van der Waals surface area contributed by atoms with Gasteiger partial charge in [0.05, 0.1) is 32.4 Å². The lowest BCUT2D eigenvalue weighted by atomic mass is 9.75. The summed E-state index contributed by atoms with van der Waals surface area (Å²) >= 11 is 6.09. The zero-order chi connectivity index (χ0) is 31.6. The van der Waals surface area contributed by atoms with Crippen LogP contribution in [0.4, 0.5) is 28.9 Å². The maximum Gasteiger partial charge on any atom is 0.573 e. The first-order valence-corrected chi connectivity index (χ1v) is 14.1. The van der Waals surface area contributed by atoms with Crippen LogP contribution < -0.4 is 24.4 Å². The van der Waals surface area contributed by atoms with Crippen LogP contribution in [-0.2, 0) is 20.7 Å². The van der Waals surface area contributed by atoms with Gasteiger partial charge in [0.2, 0.25) is 0 Å². The minimum absolute atomic E-state index is 0.120. The minimum atomic E-state index is -5.11. The van der Waals surface area contributed by atoms with Crippen molar-refractivity contribution in [1.82, 2.24) is 0 Å². The number of fused-ring (bicyclic) bond motifs is 1. The zero-order valence-corrected chi connectivity index (χ0v) is 24.5. The van der Waals surface area contributed by atoms with Crippen LogP contribution in [0, 0.1) is 17.7 Å². The SMILES string of the molecule is COc1cc(NC(C(=O)N2CCc3cc(F)c(OC(F)(F)F)cc32)c2ccc(Cl)cc2)cc(OC[C@H]2C[C@H](C(=O)OC)C2)c1. The average Bonchev–Trinajstić information content (AvgIpc) is 3.36. The van der Waals surface area contributed by atoms with Crippen LogP contribution in [0.15, 0.2) is 54.6 Å². The number of carbonyl (C=O) groups is 2.